The van der Waals surface area contributed by atoms with E-state index in [1.165, 1.54) is 11.3 Å². The van der Waals surface area contributed by atoms with Crippen LogP contribution in [0, 0.1) is 0 Å². The lowest BCUT2D eigenvalue weighted by Gasteiger charge is -2.17. The first kappa shape index (κ1) is 11.6. The number of anilines is 1. The van der Waals surface area contributed by atoms with E-state index in [1.807, 2.05) is 0 Å². The van der Waals surface area contributed by atoms with Crippen molar-refractivity contribution in [3.63, 3.8) is 0 Å². The molecular weight excluding hydrogens is 242 g/mol. The van der Waals surface area contributed by atoms with Crippen molar-refractivity contribution in [3.8, 4) is 0 Å². The zero-order valence-corrected chi connectivity index (χ0v) is 10.6. The SMILES string of the molecule is CCC/C=C/[C@@H]1SCC(=O)N1c1nncs1. The second kappa shape index (κ2) is 5.45. The third-order valence-corrected chi connectivity index (χ3v) is 4.02. The van der Waals surface area contributed by atoms with Gasteiger partial charge in [0.15, 0.2) is 0 Å². The number of nitrogens with zero attached hydrogens (tertiary/aromatic N) is 3. The van der Waals surface area contributed by atoms with Gasteiger partial charge in [-0.15, -0.1) is 22.0 Å². The van der Waals surface area contributed by atoms with E-state index in [4.69, 9.17) is 0 Å². The summed E-state index contributed by atoms with van der Waals surface area (Å²) in [6.45, 7) is 2.14. The molecule has 1 aliphatic heterocycles. The van der Waals surface area contributed by atoms with Crippen molar-refractivity contribution >= 4 is 34.1 Å². The molecule has 4 nitrogen and oxygen atoms in total. The molecule has 2 rings (SSSR count). The number of hydrogen-bond acceptors (Lipinski definition) is 5. The average Bonchev–Trinajstić information content (AvgIpc) is 2.88. The maximum absolute atomic E-state index is 11.7. The molecule has 1 aromatic heterocycles. The van der Waals surface area contributed by atoms with Crippen molar-refractivity contribution in [3.05, 3.63) is 17.7 Å². The number of carbonyl (C=O) groups excluding carboxylic acids is 1. The second-order valence-corrected chi connectivity index (χ2v) is 5.32. The topological polar surface area (TPSA) is 46.1 Å². The molecule has 0 N–H and O–H groups in total. The standard InChI is InChI=1S/C10H13N3OS2/c1-2-3-4-5-9-13(8(14)6-15-9)10-12-11-7-16-10/h4-5,7,9H,2-3,6H2,1H3/b5-4+/t9-/m0/s1. The molecule has 16 heavy (non-hydrogen) atoms. The molecule has 0 unspecified atom stereocenters. The van der Waals surface area contributed by atoms with E-state index < -0.39 is 0 Å². The fourth-order valence-electron chi connectivity index (χ4n) is 1.45. The van der Waals surface area contributed by atoms with Gasteiger partial charge in [-0.05, 0) is 6.42 Å². The van der Waals surface area contributed by atoms with Crippen molar-refractivity contribution < 1.29 is 4.79 Å². The van der Waals surface area contributed by atoms with Crippen LogP contribution >= 0.6 is 23.1 Å². The molecule has 0 saturated carbocycles. The van der Waals surface area contributed by atoms with Crippen LogP contribution in [0.3, 0.4) is 0 Å². The number of aromatic nitrogens is 2. The summed E-state index contributed by atoms with van der Waals surface area (Å²) in [6, 6.07) is 0. The fraction of sp³-hybridized carbons (Fsp3) is 0.500. The van der Waals surface area contributed by atoms with Crippen LogP contribution in [0.1, 0.15) is 19.8 Å². The molecule has 1 saturated heterocycles. The summed E-state index contributed by atoms with van der Waals surface area (Å²) >= 11 is 3.04. The first-order chi connectivity index (χ1) is 7.83. The summed E-state index contributed by atoms with van der Waals surface area (Å²) in [5, 5.41) is 8.51. The molecule has 0 radical (unpaired) electrons. The first-order valence-electron chi connectivity index (χ1n) is 5.19. The maximum atomic E-state index is 11.7. The molecule has 0 aliphatic carbocycles. The summed E-state index contributed by atoms with van der Waals surface area (Å²) in [6.07, 6.45) is 6.39. The first-order valence-corrected chi connectivity index (χ1v) is 7.12. The lowest BCUT2D eigenvalue weighted by atomic mass is 10.3. The van der Waals surface area contributed by atoms with E-state index in [-0.39, 0.29) is 11.3 Å². The summed E-state index contributed by atoms with van der Waals surface area (Å²) in [4.78, 5) is 13.5. The number of allylic oxidation sites excluding steroid dienone is 1. The van der Waals surface area contributed by atoms with Gasteiger partial charge in [-0.2, -0.15) is 0 Å². The molecule has 2 heterocycles. The third-order valence-electron chi connectivity index (χ3n) is 2.21. The van der Waals surface area contributed by atoms with Crippen molar-refractivity contribution in [1.82, 2.24) is 10.2 Å². The summed E-state index contributed by atoms with van der Waals surface area (Å²) < 4.78 is 0. The van der Waals surface area contributed by atoms with Gasteiger partial charge < -0.3 is 0 Å². The van der Waals surface area contributed by atoms with Crippen LogP contribution in [0.5, 0.6) is 0 Å². The van der Waals surface area contributed by atoms with Crippen LogP contribution in [0.15, 0.2) is 17.7 Å². The highest BCUT2D eigenvalue weighted by Crippen LogP contribution is 2.32. The lowest BCUT2D eigenvalue weighted by molar-refractivity contribution is -0.115. The van der Waals surface area contributed by atoms with Crippen molar-refractivity contribution in [2.45, 2.75) is 25.1 Å². The van der Waals surface area contributed by atoms with Gasteiger partial charge in [0.1, 0.15) is 10.9 Å². The zero-order chi connectivity index (χ0) is 11.4. The van der Waals surface area contributed by atoms with Crippen LogP contribution < -0.4 is 4.90 Å². The predicted octanol–water partition coefficient (Wildman–Crippen LogP) is 2.30. The van der Waals surface area contributed by atoms with Crippen LogP contribution in [-0.4, -0.2) is 27.2 Å². The van der Waals surface area contributed by atoms with Gasteiger partial charge in [-0.25, -0.2) is 0 Å². The Kier molecular flexibility index (Phi) is 3.95. The molecule has 1 atom stereocenters. The van der Waals surface area contributed by atoms with Gasteiger partial charge >= 0.3 is 0 Å². The van der Waals surface area contributed by atoms with E-state index in [9.17, 15) is 4.79 Å². The van der Waals surface area contributed by atoms with Gasteiger partial charge in [0.05, 0.1) is 5.75 Å². The Morgan fingerprint density at radius 1 is 1.69 bits per heavy atom. The van der Waals surface area contributed by atoms with E-state index >= 15 is 0 Å². The van der Waals surface area contributed by atoms with Gasteiger partial charge in [0.25, 0.3) is 0 Å². The van der Waals surface area contributed by atoms with Crippen LogP contribution in [0.25, 0.3) is 0 Å². The zero-order valence-electron chi connectivity index (χ0n) is 9.00. The Balaban J connectivity index is 2.10. The Labute approximate surface area is 103 Å². The van der Waals surface area contributed by atoms with Crippen LogP contribution in [0.2, 0.25) is 0 Å². The van der Waals surface area contributed by atoms with E-state index in [1.54, 1.807) is 22.2 Å². The number of amides is 1. The van der Waals surface area contributed by atoms with Crippen LogP contribution in [0.4, 0.5) is 5.13 Å². The Bertz CT molecular complexity index is 377. The highest BCUT2D eigenvalue weighted by Gasteiger charge is 2.32. The molecule has 1 aliphatic rings. The molecule has 0 bridgehead atoms. The molecule has 1 amide bonds. The minimum absolute atomic E-state index is 0.0898. The van der Waals surface area contributed by atoms with E-state index in [2.05, 4.69) is 29.3 Å². The van der Waals surface area contributed by atoms with E-state index in [0.717, 1.165) is 12.8 Å². The Morgan fingerprint density at radius 2 is 2.56 bits per heavy atom. The van der Waals surface area contributed by atoms with Crippen LogP contribution in [-0.2, 0) is 4.79 Å². The summed E-state index contributed by atoms with van der Waals surface area (Å²) in [5.74, 6) is 0.647. The molecule has 86 valence electrons. The van der Waals surface area contributed by atoms with Crippen molar-refractivity contribution in [2.75, 3.05) is 10.7 Å². The molecule has 6 heteroatoms. The Hall–Kier alpha value is -0.880. The van der Waals surface area contributed by atoms with Crippen molar-refractivity contribution in [1.29, 1.82) is 0 Å². The number of hydrogen-bond donors (Lipinski definition) is 0. The smallest absolute Gasteiger partial charge is 0.240 e. The van der Waals surface area contributed by atoms with Gasteiger partial charge in [0.2, 0.25) is 11.0 Å². The van der Waals surface area contributed by atoms with E-state index in [0.29, 0.717) is 10.9 Å². The maximum Gasteiger partial charge on any atom is 0.240 e. The molecule has 1 aromatic rings. The monoisotopic (exact) mass is 255 g/mol. The third kappa shape index (κ3) is 2.44. The predicted molar refractivity (Wildman–Crippen MR) is 67.7 cm³/mol. The van der Waals surface area contributed by atoms with Crippen molar-refractivity contribution in [2.24, 2.45) is 0 Å². The molecule has 0 aromatic carbocycles. The number of unbranched alkanes of at least 4 members (excludes halogenated alkanes) is 1. The fourth-order valence-corrected chi connectivity index (χ4v) is 3.17. The van der Waals surface area contributed by atoms with Gasteiger partial charge in [-0.3, -0.25) is 9.69 Å². The second-order valence-electron chi connectivity index (χ2n) is 3.40. The largest absolute Gasteiger partial charge is 0.273 e. The minimum atomic E-state index is 0.0898. The minimum Gasteiger partial charge on any atom is -0.273 e. The molecular formula is C10H13N3OS2. The Morgan fingerprint density at radius 3 is 3.25 bits per heavy atom. The number of thioether (sulfide) groups is 1. The summed E-state index contributed by atoms with van der Waals surface area (Å²) in [5.41, 5.74) is 1.65. The quantitative estimate of drug-likeness (QED) is 0.774. The summed E-state index contributed by atoms with van der Waals surface area (Å²) in [7, 11) is 0. The normalized spacial score (nSPS) is 21.2. The highest BCUT2D eigenvalue weighted by molar-refractivity contribution is 8.01. The lowest BCUT2D eigenvalue weighted by Crippen LogP contribution is -2.31. The number of carbonyl (C=O) groups is 1. The molecule has 0 spiro atoms. The van der Waals surface area contributed by atoms with Gasteiger partial charge in [0, 0.05) is 0 Å². The highest BCUT2D eigenvalue weighted by atomic mass is 32.2. The molecule has 1 fully saturated rings. The average molecular weight is 255 g/mol. The number of rotatable bonds is 4. The van der Waals surface area contributed by atoms with Gasteiger partial charge in [-0.1, -0.05) is 36.8 Å².